The molecule has 246 valence electrons. The van der Waals surface area contributed by atoms with E-state index in [1.54, 1.807) is 0 Å². The molecule has 6 aromatic carbocycles. The van der Waals surface area contributed by atoms with E-state index in [0.29, 0.717) is 12.4 Å². The summed E-state index contributed by atoms with van der Waals surface area (Å²) in [5.74, 6) is 0.509. The van der Waals surface area contributed by atoms with Crippen LogP contribution in [0.25, 0.3) is 71.2 Å². The van der Waals surface area contributed by atoms with Gasteiger partial charge in [-0.1, -0.05) is 103 Å². The molecule has 1 unspecified atom stereocenters. The van der Waals surface area contributed by atoms with Crippen LogP contribution in [-0.4, -0.2) is 5.84 Å². The van der Waals surface area contributed by atoms with Gasteiger partial charge < -0.3 is 14.6 Å². The molecule has 0 radical (unpaired) electrons. The number of hydrogen-bond acceptors (Lipinski definition) is 5. The number of hydrogen-bond donors (Lipinski definition) is 2. The summed E-state index contributed by atoms with van der Waals surface area (Å²) in [5, 5.41) is 9.43. The average molecular weight is 680 g/mol. The van der Waals surface area contributed by atoms with E-state index in [9.17, 15) is 0 Å². The molecule has 6 heteroatoms. The summed E-state index contributed by atoms with van der Waals surface area (Å²) in [6, 6.07) is 44.1. The zero-order valence-electron chi connectivity index (χ0n) is 27.7. The predicted molar refractivity (Wildman–Crippen MR) is 212 cm³/mol. The van der Waals surface area contributed by atoms with Gasteiger partial charge in [0.1, 0.15) is 34.3 Å². The first kappa shape index (κ1) is 29.9. The predicted octanol–water partition coefficient (Wildman–Crippen LogP) is 11.5. The van der Waals surface area contributed by atoms with Crippen LogP contribution in [-0.2, 0) is 13.0 Å². The Morgan fingerprint density at radius 1 is 0.745 bits per heavy atom. The fourth-order valence-electron chi connectivity index (χ4n) is 7.61. The molecule has 0 fully saturated rings. The number of nitrogens with zero attached hydrogens (tertiary/aromatic N) is 1. The maximum Gasteiger partial charge on any atom is 0.139 e. The molecule has 0 spiro atoms. The van der Waals surface area contributed by atoms with Crippen LogP contribution in [0.15, 0.2) is 147 Å². The monoisotopic (exact) mass is 679 g/mol. The fraction of sp³-hybridized carbons (Fsp3) is 0.0889. The van der Waals surface area contributed by atoms with Gasteiger partial charge in [-0.3, -0.25) is 5.32 Å². The lowest BCUT2D eigenvalue weighted by Crippen LogP contribution is -2.24. The minimum Gasteiger partial charge on any atom is -0.456 e. The summed E-state index contributed by atoms with van der Waals surface area (Å²) in [6.07, 6.45) is 6.35. The van der Waals surface area contributed by atoms with E-state index in [0.717, 1.165) is 84.5 Å². The van der Waals surface area contributed by atoms with E-state index >= 15 is 0 Å². The molecule has 0 saturated heterocycles. The largest absolute Gasteiger partial charge is 0.456 e. The van der Waals surface area contributed by atoms with Crippen molar-refractivity contribution in [1.82, 2.24) is 5.32 Å². The second-order valence-corrected chi connectivity index (χ2v) is 14.3. The maximum absolute atomic E-state index is 6.75. The van der Waals surface area contributed by atoms with Crippen LogP contribution in [0.5, 0.6) is 0 Å². The first-order valence-electron chi connectivity index (χ1n) is 17.4. The Kier molecular flexibility index (Phi) is 7.11. The number of thiophene rings is 1. The summed E-state index contributed by atoms with van der Waals surface area (Å²) in [7, 11) is 0. The number of para-hydroxylation sites is 2. The van der Waals surface area contributed by atoms with Crippen LogP contribution in [0.4, 0.5) is 0 Å². The third-order valence-corrected chi connectivity index (χ3v) is 11.3. The zero-order valence-corrected chi connectivity index (χ0v) is 28.5. The SMILES string of the molecule is N/C(=N\C(NCc1cccc2c1oc1ccc(-c3cccc4oc5ccccc5c34)cc12)c1ccccc1)c1ccc2c3c(sc2c1)C=CCC3. The number of aliphatic imine (C=N–C) groups is 1. The Morgan fingerprint density at radius 3 is 2.51 bits per heavy atom. The van der Waals surface area contributed by atoms with Crippen molar-refractivity contribution in [2.75, 3.05) is 0 Å². The van der Waals surface area contributed by atoms with Crippen molar-refractivity contribution in [2.45, 2.75) is 25.6 Å². The number of amidine groups is 1. The summed E-state index contributed by atoms with van der Waals surface area (Å²) in [6.45, 7) is 0.545. The molecule has 3 N–H and O–H groups in total. The molecule has 1 aliphatic rings. The van der Waals surface area contributed by atoms with Crippen molar-refractivity contribution in [1.29, 1.82) is 0 Å². The standard InChI is InChI=1S/C45H33N3O2S/c46-44(29-20-22-33-32-13-5-7-19-40(32)51-41(33)25-29)48-45(27-10-2-1-3-11-27)47-26-30-12-8-16-34-36-24-28(21-23-38(36)50-43(30)34)31-15-9-18-39-42(31)35-14-4-6-17-37(35)49-39/h1-4,6-12,14-25,45,47H,5,13,26H2,(H2,46,48). The van der Waals surface area contributed by atoms with Gasteiger partial charge in [0.05, 0.1) is 0 Å². The van der Waals surface area contributed by atoms with Crippen LogP contribution in [0, 0.1) is 0 Å². The van der Waals surface area contributed by atoms with Gasteiger partial charge in [-0.25, -0.2) is 4.99 Å². The highest BCUT2D eigenvalue weighted by atomic mass is 32.1. The Balaban J connectivity index is 0.990. The third kappa shape index (κ3) is 5.14. The highest BCUT2D eigenvalue weighted by Gasteiger charge is 2.18. The minimum absolute atomic E-state index is 0.349. The number of rotatable bonds is 7. The van der Waals surface area contributed by atoms with Crippen molar-refractivity contribution in [3.05, 3.63) is 161 Å². The molecule has 0 bridgehead atoms. The van der Waals surface area contributed by atoms with Crippen molar-refractivity contribution < 1.29 is 8.83 Å². The topological polar surface area (TPSA) is 76.7 Å². The second-order valence-electron chi connectivity index (χ2n) is 13.2. The molecule has 1 atom stereocenters. The Morgan fingerprint density at radius 2 is 1.57 bits per heavy atom. The lowest BCUT2D eigenvalue weighted by atomic mass is 9.98. The van der Waals surface area contributed by atoms with Crippen LogP contribution in [0.2, 0.25) is 0 Å². The molecule has 0 aliphatic heterocycles. The van der Waals surface area contributed by atoms with Crippen LogP contribution in [0.1, 0.15) is 39.7 Å². The van der Waals surface area contributed by atoms with Gasteiger partial charge in [0.2, 0.25) is 0 Å². The fourth-order valence-corrected chi connectivity index (χ4v) is 8.83. The summed E-state index contributed by atoms with van der Waals surface area (Å²) < 4.78 is 14.0. The van der Waals surface area contributed by atoms with Crippen molar-refractivity contribution in [2.24, 2.45) is 10.7 Å². The van der Waals surface area contributed by atoms with Gasteiger partial charge in [-0.2, -0.15) is 0 Å². The normalized spacial score (nSPS) is 13.9. The van der Waals surface area contributed by atoms with E-state index in [1.807, 2.05) is 47.7 Å². The van der Waals surface area contributed by atoms with Gasteiger partial charge in [0, 0.05) is 48.8 Å². The Hall–Kier alpha value is -5.95. The number of furan rings is 2. The van der Waals surface area contributed by atoms with Gasteiger partial charge in [-0.15, -0.1) is 11.3 Å². The molecule has 3 aromatic heterocycles. The first-order chi connectivity index (χ1) is 25.2. The Bertz CT molecular complexity index is 2840. The number of allylic oxidation sites excluding steroid dienone is 1. The average Bonchev–Trinajstić information content (AvgIpc) is 3.87. The molecule has 0 amide bonds. The van der Waals surface area contributed by atoms with Gasteiger partial charge in [0.25, 0.3) is 0 Å². The first-order valence-corrected chi connectivity index (χ1v) is 18.2. The molecule has 10 rings (SSSR count). The number of benzene rings is 6. The summed E-state index contributed by atoms with van der Waals surface area (Å²) in [4.78, 5) is 6.42. The maximum atomic E-state index is 6.75. The number of aryl methyl sites for hydroxylation is 1. The summed E-state index contributed by atoms with van der Waals surface area (Å²) in [5.41, 5.74) is 17.0. The van der Waals surface area contributed by atoms with Gasteiger partial charge in [-0.05, 0) is 76.9 Å². The van der Waals surface area contributed by atoms with Gasteiger partial charge >= 0.3 is 0 Å². The van der Waals surface area contributed by atoms with Crippen LogP contribution in [0.3, 0.4) is 0 Å². The van der Waals surface area contributed by atoms with Crippen LogP contribution < -0.4 is 11.1 Å². The van der Waals surface area contributed by atoms with E-state index < -0.39 is 0 Å². The lowest BCUT2D eigenvalue weighted by molar-refractivity contribution is 0.550. The number of nitrogens with one attached hydrogen (secondary N) is 1. The van der Waals surface area contributed by atoms with Gasteiger partial charge in [0.15, 0.2) is 0 Å². The van der Waals surface area contributed by atoms with Crippen molar-refractivity contribution in [3.8, 4) is 11.1 Å². The molecule has 51 heavy (non-hydrogen) atoms. The molecule has 3 heterocycles. The van der Waals surface area contributed by atoms with E-state index in [-0.39, 0.29) is 6.17 Å². The third-order valence-electron chi connectivity index (χ3n) is 10.1. The number of nitrogens with two attached hydrogens (primary N) is 1. The summed E-state index contributed by atoms with van der Waals surface area (Å²) >= 11 is 1.83. The molecule has 9 aromatic rings. The highest BCUT2D eigenvalue weighted by Crippen LogP contribution is 2.40. The van der Waals surface area contributed by atoms with Crippen molar-refractivity contribution in [3.63, 3.8) is 0 Å². The van der Waals surface area contributed by atoms with Crippen LogP contribution >= 0.6 is 11.3 Å². The molecular formula is C45H33N3O2S. The smallest absolute Gasteiger partial charge is 0.139 e. The molecule has 0 saturated carbocycles. The second kappa shape index (κ2) is 12.1. The lowest BCUT2D eigenvalue weighted by Gasteiger charge is -2.17. The number of fused-ring (bicyclic) bond motifs is 9. The molecule has 1 aliphatic carbocycles. The van der Waals surface area contributed by atoms with E-state index in [4.69, 9.17) is 19.6 Å². The highest BCUT2D eigenvalue weighted by molar-refractivity contribution is 7.20. The molecular weight excluding hydrogens is 647 g/mol. The Labute approximate surface area is 298 Å². The van der Waals surface area contributed by atoms with E-state index in [2.05, 4.69) is 108 Å². The quantitative estimate of drug-likeness (QED) is 0.130. The minimum atomic E-state index is -0.349. The van der Waals surface area contributed by atoms with E-state index in [1.165, 1.54) is 20.5 Å². The molecule has 5 nitrogen and oxygen atoms in total. The zero-order chi connectivity index (χ0) is 33.9. The van der Waals surface area contributed by atoms with Crippen molar-refractivity contribution >= 4 is 77.2 Å².